The molecule has 6 heteroatoms. The number of hydrogen-bond donors (Lipinski definition) is 2. The first-order valence-electron chi connectivity index (χ1n) is 8.14. The van der Waals surface area contributed by atoms with Crippen LogP contribution in [0.2, 0.25) is 0 Å². The van der Waals surface area contributed by atoms with Crippen LogP contribution < -0.4 is 15.5 Å². The number of anilines is 2. The number of nitrogens with one attached hydrogen (secondary N) is 2. The van der Waals surface area contributed by atoms with Gasteiger partial charge in [-0.15, -0.1) is 12.4 Å². The van der Waals surface area contributed by atoms with Crippen molar-refractivity contribution < 1.29 is 9.59 Å². The molecule has 2 N–H and O–H groups in total. The lowest BCUT2D eigenvalue weighted by Crippen LogP contribution is -2.25. The van der Waals surface area contributed by atoms with Crippen LogP contribution in [0, 0.1) is 5.92 Å². The van der Waals surface area contributed by atoms with Gasteiger partial charge in [0.1, 0.15) is 0 Å². The van der Waals surface area contributed by atoms with E-state index in [0.29, 0.717) is 18.8 Å². The third-order valence-electron chi connectivity index (χ3n) is 4.48. The number of halogens is 1. The Kier molecular flexibility index (Phi) is 6.42. The summed E-state index contributed by atoms with van der Waals surface area (Å²) in [5.41, 5.74) is 1.56. The van der Waals surface area contributed by atoms with Gasteiger partial charge < -0.3 is 15.5 Å². The highest BCUT2D eigenvalue weighted by molar-refractivity contribution is 6.02. The number of nitrogens with zero attached hydrogens (tertiary/aromatic N) is 1. The van der Waals surface area contributed by atoms with Crippen molar-refractivity contribution in [3.05, 3.63) is 24.3 Å². The van der Waals surface area contributed by atoms with Crippen LogP contribution in [0.3, 0.4) is 0 Å². The van der Waals surface area contributed by atoms with Crippen molar-refractivity contribution in [2.24, 2.45) is 5.92 Å². The molecule has 0 spiro atoms. The molecule has 2 fully saturated rings. The minimum Gasteiger partial charge on any atom is -0.324 e. The fourth-order valence-electron chi connectivity index (χ4n) is 3.23. The fraction of sp³-hybridized carbons (Fsp3) is 0.529. The Balaban J connectivity index is 0.00000192. The number of hydrogen-bond acceptors (Lipinski definition) is 3. The van der Waals surface area contributed by atoms with E-state index in [1.807, 2.05) is 24.3 Å². The third-order valence-corrected chi connectivity index (χ3v) is 4.48. The molecule has 1 aromatic rings. The Morgan fingerprint density at radius 1 is 1.35 bits per heavy atom. The highest BCUT2D eigenvalue weighted by Gasteiger charge is 2.24. The van der Waals surface area contributed by atoms with Gasteiger partial charge in [-0.2, -0.15) is 0 Å². The lowest BCUT2D eigenvalue weighted by Gasteiger charge is -2.20. The molecule has 2 saturated heterocycles. The van der Waals surface area contributed by atoms with E-state index in [0.717, 1.165) is 50.3 Å². The average molecular weight is 338 g/mol. The van der Waals surface area contributed by atoms with Crippen molar-refractivity contribution in [2.45, 2.75) is 32.1 Å². The van der Waals surface area contributed by atoms with Gasteiger partial charge >= 0.3 is 0 Å². The molecule has 2 heterocycles. The minimum atomic E-state index is 0. The number of carbonyl (C=O) groups is 2. The average Bonchev–Trinajstić information content (AvgIpc) is 3.17. The number of rotatable bonds is 5. The number of amides is 2. The highest BCUT2D eigenvalue weighted by atomic mass is 35.5. The Bertz CT molecular complexity index is 559. The summed E-state index contributed by atoms with van der Waals surface area (Å²) in [5.74, 6) is 0.783. The lowest BCUT2D eigenvalue weighted by atomic mass is 10.0. The van der Waals surface area contributed by atoms with Crippen LogP contribution in [0.5, 0.6) is 0 Å². The zero-order valence-electron chi connectivity index (χ0n) is 13.2. The maximum Gasteiger partial charge on any atom is 0.227 e. The van der Waals surface area contributed by atoms with Crippen molar-refractivity contribution in [3.63, 3.8) is 0 Å². The Labute approximate surface area is 143 Å². The van der Waals surface area contributed by atoms with Gasteiger partial charge in [-0.3, -0.25) is 9.59 Å². The summed E-state index contributed by atoms with van der Waals surface area (Å²) in [5, 5.41) is 6.30. The smallest absolute Gasteiger partial charge is 0.227 e. The second-order valence-electron chi connectivity index (χ2n) is 6.11. The van der Waals surface area contributed by atoms with Gasteiger partial charge in [-0.25, -0.2) is 0 Å². The van der Waals surface area contributed by atoms with Gasteiger partial charge in [0.15, 0.2) is 0 Å². The molecular formula is C17H24ClN3O2. The van der Waals surface area contributed by atoms with E-state index in [1.165, 1.54) is 0 Å². The molecule has 0 radical (unpaired) electrons. The summed E-state index contributed by atoms with van der Waals surface area (Å²) in [4.78, 5) is 25.9. The maximum atomic E-state index is 12.2. The molecule has 23 heavy (non-hydrogen) atoms. The van der Waals surface area contributed by atoms with Crippen molar-refractivity contribution in [1.82, 2.24) is 5.32 Å². The minimum absolute atomic E-state index is 0. The first kappa shape index (κ1) is 17.8. The summed E-state index contributed by atoms with van der Waals surface area (Å²) in [6.07, 6.45) is 4.09. The van der Waals surface area contributed by atoms with E-state index in [1.54, 1.807) is 4.90 Å². The molecule has 2 aliphatic rings. The molecule has 126 valence electrons. The van der Waals surface area contributed by atoms with E-state index in [9.17, 15) is 9.59 Å². The Morgan fingerprint density at radius 2 is 2.17 bits per heavy atom. The van der Waals surface area contributed by atoms with Gasteiger partial charge in [0.2, 0.25) is 11.8 Å². The van der Waals surface area contributed by atoms with Gasteiger partial charge in [-0.1, -0.05) is 12.1 Å². The van der Waals surface area contributed by atoms with Gasteiger partial charge in [-0.05, 0) is 50.4 Å². The summed E-state index contributed by atoms with van der Waals surface area (Å²) < 4.78 is 0. The second-order valence-corrected chi connectivity index (χ2v) is 6.11. The van der Waals surface area contributed by atoms with E-state index < -0.39 is 0 Å². The van der Waals surface area contributed by atoms with Crippen molar-refractivity contribution in [1.29, 1.82) is 0 Å². The molecule has 1 atom stereocenters. The standard InChI is InChI=1S/C17H23N3O2.ClH/c21-16(8-7-13-9-10-18-12-13)19-14-4-1-2-5-15(14)20-11-3-6-17(20)22;/h1-2,4-5,13,18H,3,6-12H2,(H,19,21);1H. The largest absolute Gasteiger partial charge is 0.324 e. The van der Waals surface area contributed by atoms with Crippen molar-refractivity contribution >= 4 is 35.6 Å². The van der Waals surface area contributed by atoms with E-state index in [-0.39, 0.29) is 24.2 Å². The first-order chi connectivity index (χ1) is 10.7. The molecular weight excluding hydrogens is 314 g/mol. The summed E-state index contributed by atoms with van der Waals surface area (Å²) in [6, 6.07) is 7.57. The van der Waals surface area contributed by atoms with E-state index in [4.69, 9.17) is 0 Å². The predicted octanol–water partition coefficient (Wildman–Crippen LogP) is 2.56. The van der Waals surface area contributed by atoms with Gasteiger partial charge in [0.05, 0.1) is 11.4 Å². The quantitative estimate of drug-likeness (QED) is 0.868. The van der Waals surface area contributed by atoms with Crippen LogP contribution in [-0.4, -0.2) is 31.4 Å². The SMILES string of the molecule is Cl.O=C(CCC1CCNC1)Nc1ccccc1N1CCCC1=O. The summed E-state index contributed by atoms with van der Waals surface area (Å²) >= 11 is 0. The molecule has 0 saturated carbocycles. The Hall–Kier alpha value is -1.59. The summed E-state index contributed by atoms with van der Waals surface area (Å²) in [7, 11) is 0. The van der Waals surface area contributed by atoms with Gasteiger partial charge in [0.25, 0.3) is 0 Å². The summed E-state index contributed by atoms with van der Waals surface area (Å²) in [6.45, 7) is 2.82. The molecule has 0 bridgehead atoms. The van der Waals surface area contributed by atoms with Gasteiger partial charge in [0, 0.05) is 19.4 Å². The topological polar surface area (TPSA) is 61.4 Å². The van der Waals surface area contributed by atoms with Crippen LogP contribution in [0.15, 0.2) is 24.3 Å². The monoisotopic (exact) mass is 337 g/mol. The van der Waals surface area contributed by atoms with Crippen LogP contribution in [0.1, 0.15) is 32.1 Å². The molecule has 0 aromatic heterocycles. The first-order valence-corrected chi connectivity index (χ1v) is 8.14. The molecule has 2 amide bonds. The third kappa shape index (κ3) is 4.45. The van der Waals surface area contributed by atoms with Crippen molar-refractivity contribution in [3.8, 4) is 0 Å². The molecule has 1 aromatic carbocycles. The number of carbonyl (C=O) groups excluding carboxylic acids is 2. The van der Waals surface area contributed by atoms with Crippen LogP contribution in [0.4, 0.5) is 11.4 Å². The highest BCUT2D eigenvalue weighted by Crippen LogP contribution is 2.29. The number of benzene rings is 1. The molecule has 2 aliphatic heterocycles. The predicted molar refractivity (Wildman–Crippen MR) is 94.1 cm³/mol. The van der Waals surface area contributed by atoms with E-state index >= 15 is 0 Å². The van der Waals surface area contributed by atoms with E-state index in [2.05, 4.69) is 10.6 Å². The Morgan fingerprint density at radius 3 is 2.87 bits per heavy atom. The molecule has 1 unspecified atom stereocenters. The fourth-order valence-corrected chi connectivity index (χ4v) is 3.23. The van der Waals surface area contributed by atoms with Crippen LogP contribution >= 0.6 is 12.4 Å². The number of para-hydroxylation sites is 2. The molecule has 3 rings (SSSR count). The lowest BCUT2D eigenvalue weighted by molar-refractivity contribution is -0.117. The van der Waals surface area contributed by atoms with Crippen molar-refractivity contribution in [2.75, 3.05) is 29.9 Å². The normalized spacial score (nSPS) is 20.4. The van der Waals surface area contributed by atoms with Crippen LogP contribution in [-0.2, 0) is 9.59 Å². The zero-order valence-corrected chi connectivity index (χ0v) is 14.0. The second kappa shape index (κ2) is 8.31. The molecule has 0 aliphatic carbocycles. The maximum absolute atomic E-state index is 12.2. The van der Waals surface area contributed by atoms with Crippen LogP contribution in [0.25, 0.3) is 0 Å². The molecule has 5 nitrogen and oxygen atoms in total. The zero-order chi connectivity index (χ0) is 15.4.